The molecule has 1 saturated carbocycles. The van der Waals surface area contributed by atoms with Crippen LogP contribution in [-0.4, -0.2) is 45.3 Å². The molecule has 27 heavy (non-hydrogen) atoms. The summed E-state index contributed by atoms with van der Waals surface area (Å²) >= 11 is 0. The van der Waals surface area contributed by atoms with E-state index in [4.69, 9.17) is 14.2 Å². The number of carboxylic acid groups (broad SMARTS) is 1. The van der Waals surface area contributed by atoms with Crippen molar-refractivity contribution >= 4 is 15.8 Å². The van der Waals surface area contributed by atoms with Gasteiger partial charge in [0.05, 0.1) is 16.8 Å². The average Bonchev–Trinajstić information content (AvgIpc) is 3.13. The second-order valence-electron chi connectivity index (χ2n) is 6.65. The van der Waals surface area contributed by atoms with Gasteiger partial charge in [0.2, 0.25) is 6.79 Å². The first-order valence-corrected chi connectivity index (χ1v) is 9.88. The van der Waals surface area contributed by atoms with Crippen LogP contribution in [0.2, 0.25) is 0 Å². The summed E-state index contributed by atoms with van der Waals surface area (Å²) in [5.41, 5.74) is -0.986. The van der Waals surface area contributed by atoms with E-state index in [1.807, 2.05) is 0 Å². The van der Waals surface area contributed by atoms with Crippen molar-refractivity contribution in [1.29, 1.82) is 0 Å². The summed E-state index contributed by atoms with van der Waals surface area (Å²) in [6.07, 6.45) is 0. The monoisotopic (exact) mass is 390 g/mol. The van der Waals surface area contributed by atoms with Gasteiger partial charge in [-0.3, -0.25) is 4.79 Å². The van der Waals surface area contributed by atoms with Gasteiger partial charge in [-0.05, 0) is 29.8 Å². The Hall–Kier alpha value is -2.58. The van der Waals surface area contributed by atoms with Crippen molar-refractivity contribution in [2.75, 3.05) is 20.5 Å². The standard InChI is InChI=1S/C19H18O7S/c1-24-10-19(18(20)21)16(12-7-8-14-15(9-12)26-11-25-14)17(19)27(22,23)13-5-3-2-4-6-13/h2-9,16-17H,10-11H2,1H3,(H,20,21)/t16-,17+,19-/m0/s1. The Bertz CT molecular complexity index is 986. The highest BCUT2D eigenvalue weighted by atomic mass is 32.2. The Morgan fingerprint density at radius 2 is 1.89 bits per heavy atom. The van der Waals surface area contributed by atoms with Gasteiger partial charge in [0.15, 0.2) is 21.3 Å². The number of hydrogen-bond donors (Lipinski definition) is 1. The summed E-state index contributed by atoms with van der Waals surface area (Å²) in [6, 6.07) is 12.9. The van der Waals surface area contributed by atoms with Crippen LogP contribution < -0.4 is 9.47 Å². The molecule has 1 aliphatic carbocycles. The second-order valence-corrected chi connectivity index (χ2v) is 8.72. The third-order valence-electron chi connectivity index (χ3n) is 5.20. The highest BCUT2D eigenvalue weighted by molar-refractivity contribution is 7.92. The number of aliphatic carboxylic acids is 1. The number of fused-ring (bicyclic) bond motifs is 1. The summed E-state index contributed by atoms with van der Waals surface area (Å²) in [5, 5.41) is 8.81. The summed E-state index contributed by atoms with van der Waals surface area (Å²) < 4.78 is 42.2. The number of rotatable bonds is 6. The second kappa shape index (κ2) is 6.24. The maximum atomic E-state index is 13.2. The van der Waals surface area contributed by atoms with Crippen LogP contribution in [0.15, 0.2) is 53.4 Å². The van der Waals surface area contributed by atoms with Crippen LogP contribution in [0.4, 0.5) is 0 Å². The van der Waals surface area contributed by atoms with E-state index >= 15 is 0 Å². The van der Waals surface area contributed by atoms with Gasteiger partial charge in [0.1, 0.15) is 5.41 Å². The molecule has 2 aliphatic rings. The Labute approximate surface area is 156 Å². The highest BCUT2D eigenvalue weighted by Gasteiger charge is 2.76. The zero-order chi connectivity index (χ0) is 19.2. The molecule has 7 nitrogen and oxygen atoms in total. The van der Waals surface area contributed by atoms with E-state index in [0.29, 0.717) is 17.1 Å². The first-order valence-electron chi connectivity index (χ1n) is 8.34. The minimum atomic E-state index is -3.88. The lowest BCUT2D eigenvalue weighted by Crippen LogP contribution is -2.28. The van der Waals surface area contributed by atoms with E-state index in [9.17, 15) is 18.3 Å². The first-order chi connectivity index (χ1) is 12.9. The molecule has 1 N–H and O–H groups in total. The number of hydrogen-bond acceptors (Lipinski definition) is 6. The molecule has 2 aromatic rings. The lowest BCUT2D eigenvalue weighted by atomic mass is 9.99. The molecule has 2 aromatic carbocycles. The summed E-state index contributed by atoms with van der Waals surface area (Å²) in [6.45, 7) is -0.129. The van der Waals surface area contributed by atoms with E-state index in [1.165, 1.54) is 19.2 Å². The molecule has 0 bridgehead atoms. The molecule has 142 valence electrons. The number of ether oxygens (including phenoxy) is 3. The van der Waals surface area contributed by atoms with Crippen molar-refractivity contribution in [2.24, 2.45) is 5.41 Å². The molecule has 3 atom stereocenters. The predicted octanol–water partition coefficient (Wildman–Crippen LogP) is 2.07. The molecule has 8 heteroatoms. The summed E-state index contributed by atoms with van der Waals surface area (Å²) in [4.78, 5) is 12.3. The van der Waals surface area contributed by atoms with Crippen molar-refractivity contribution in [3.8, 4) is 11.5 Å². The zero-order valence-corrected chi connectivity index (χ0v) is 15.3. The van der Waals surface area contributed by atoms with E-state index in [2.05, 4.69) is 0 Å². The summed E-state index contributed by atoms with van der Waals surface area (Å²) in [5.74, 6) is -0.923. The Kier molecular flexibility index (Phi) is 4.12. The Morgan fingerprint density at radius 3 is 2.56 bits per heavy atom. The minimum Gasteiger partial charge on any atom is -0.481 e. The molecule has 1 aliphatic heterocycles. The van der Waals surface area contributed by atoms with E-state index in [0.717, 1.165) is 0 Å². The lowest BCUT2D eigenvalue weighted by Gasteiger charge is -2.12. The average molecular weight is 390 g/mol. The quantitative estimate of drug-likeness (QED) is 0.806. The van der Waals surface area contributed by atoms with Gasteiger partial charge in [-0.2, -0.15) is 0 Å². The van der Waals surface area contributed by atoms with Crippen LogP contribution in [0, 0.1) is 5.41 Å². The van der Waals surface area contributed by atoms with Crippen molar-refractivity contribution in [2.45, 2.75) is 16.1 Å². The van der Waals surface area contributed by atoms with Gasteiger partial charge in [0, 0.05) is 13.0 Å². The molecule has 1 heterocycles. The number of carbonyl (C=O) groups is 1. The topological polar surface area (TPSA) is 99.1 Å². The van der Waals surface area contributed by atoms with Crippen LogP contribution in [0.5, 0.6) is 11.5 Å². The molecule has 1 fully saturated rings. The van der Waals surface area contributed by atoms with Crippen LogP contribution in [0.25, 0.3) is 0 Å². The highest BCUT2D eigenvalue weighted by Crippen LogP contribution is 2.65. The number of carboxylic acids is 1. The minimum absolute atomic E-state index is 0.0807. The molecule has 4 rings (SSSR count). The molecule has 0 unspecified atom stereocenters. The van der Waals surface area contributed by atoms with E-state index in [-0.39, 0.29) is 18.3 Å². The molecule has 0 amide bonds. The SMILES string of the molecule is COC[C@@]1(C(=O)O)[C@H](S(=O)(=O)c2ccccc2)[C@@H]1c1ccc2c(c1)OCO2. The van der Waals surface area contributed by atoms with Crippen molar-refractivity contribution in [1.82, 2.24) is 0 Å². The molecule has 0 aromatic heterocycles. The molecular formula is C19H18O7S. The number of benzene rings is 2. The van der Waals surface area contributed by atoms with Gasteiger partial charge < -0.3 is 19.3 Å². The first kappa shape index (κ1) is 17.8. The van der Waals surface area contributed by atoms with Crippen LogP contribution in [0.1, 0.15) is 11.5 Å². The molecule has 0 spiro atoms. The maximum absolute atomic E-state index is 13.2. The zero-order valence-electron chi connectivity index (χ0n) is 14.5. The molecule has 0 saturated heterocycles. The Balaban J connectivity index is 1.82. The lowest BCUT2D eigenvalue weighted by molar-refractivity contribution is -0.145. The molecular weight excluding hydrogens is 372 g/mol. The third kappa shape index (κ3) is 2.59. The van der Waals surface area contributed by atoms with Gasteiger partial charge in [-0.15, -0.1) is 0 Å². The van der Waals surface area contributed by atoms with Gasteiger partial charge in [-0.1, -0.05) is 24.3 Å². The van der Waals surface area contributed by atoms with Crippen molar-refractivity contribution in [3.63, 3.8) is 0 Å². The van der Waals surface area contributed by atoms with Gasteiger partial charge >= 0.3 is 5.97 Å². The smallest absolute Gasteiger partial charge is 0.314 e. The van der Waals surface area contributed by atoms with Gasteiger partial charge in [0.25, 0.3) is 0 Å². The van der Waals surface area contributed by atoms with E-state index in [1.54, 1.807) is 36.4 Å². The van der Waals surface area contributed by atoms with E-state index < -0.39 is 32.4 Å². The summed E-state index contributed by atoms with van der Waals surface area (Å²) in [7, 11) is -2.52. The normalized spacial score (nSPS) is 26.0. The third-order valence-corrected chi connectivity index (χ3v) is 7.49. The fraction of sp³-hybridized carbons (Fsp3) is 0.316. The Morgan fingerprint density at radius 1 is 1.19 bits per heavy atom. The van der Waals surface area contributed by atoms with Crippen LogP contribution >= 0.6 is 0 Å². The van der Waals surface area contributed by atoms with Crippen molar-refractivity contribution in [3.05, 3.63) is 54.1 Å². The predicted molar refractivity (Wildman–Crippen MR) is 94.7 cm³/mol. The largest absolute Gasteiger partial charge is 0.481 e. The van der Waals surface area contributed by atoms with Crippen LogP contribution in [0.3, 0.4) is 0 Å². The molecule has 0 radical (unpaired) electrons. The number of sulfone groups is 1. The fourth-order valence-electron chi connectivity index (χ4n) is 3.92. The fourth-order valence-corrected chi connectivity index (χ4v) is 6.30. The maximum Gasteiger partial charge on any atom is 0.314 e. The van der Waals surface area contributed by atoms with Crippen LogP contribution in [-0.2, 0) is 19.4 Å². The number of methoxy groups -OCH3 is 1. The van der Waals surface area contributed by atoms with Gasteiger partial charge in [-0.25, -0.2) is 8.42 Å². The van der Waals surface area contributed by atoms with Crippen molar-refractivity contribution < 1.29 is 32.5 Å².